The Morgan fingerprint density at radius 2 is 1.45 bits per heavy atom. The first-order chi connectivity index (χ1) is 14.0. The standard InChI is InChI=1S/C21H22N4O4/c1-15(27)22-18-3-2-4-19(13-18)23-20(28)16-5-7-17(8-6-16)21(29)25-11-9-24(14-26)10-12-25/h2-8,13-14H,9-12H2,1H3,(H,22,27)(H,23,28). The van der Waals surface area contributed by atoms with Crippen LogP contribution in [-0.4, -0.2) is 60.1 Å². The molecule has 150 valence electrons. The molecule has 0 saturated carbocycles. The summed E-state index contributed by atoms with van der Waals surface area (Å²) in [6, 6.07) is 13.3. The van der Waals surface area contributed by atoms with Gasteiger partial charge in [0.1, 0.15) is 0 Å². The third-order valence-electron chi connectivity index (χ3n) is 4.59. The Hall–Kier alpha value is -3.68. The summed E-state index contributed by atoms with van der Waals surface area (Å²) >= 11 is 0. The number of benzene rings is 2. The van der Waals surface area contributed by atoms with Crippen LogP contribution in [0.3, 0.4) is 0 Å². The van der Waals surface area contributed by atoms with Gasteiger partial charge in [-0.3, -0.25) is 19.2 Å². The van der Waals surface area contributed by atoms with Crippen LogP contribution in [0.2, 0.25) is 0 Å². The van der Waals surface area contributed by atoms with Crippen molar-refractivity contribution in [3.63, 3.8) is 0 Å². The molecule has 0 aliphatic carbocycles. The van der Waals surface area contributed by atoms with Gasteiger partial charge in [0, 0.05) is 55.6 Å². The minimum absolute atomic E-state index is 0.120. The lowest BCUT2D eigenvalue weighted by Crippen LogP contribution is -2.48. The van der Waals surface area contributed by atoms with Gasteiger partial charge in [-0.25, -0.2) is 0 Å². The highest BCUT2D eigenvalue weighted by atomic mass is 16.2. The van der Waals surface area contributed by atoms with Crippen LogP contribution in [-0.2, 0) is 9.59 Å². The maximum atomic E-state index is 12.6. The number of hydrogen-bond donors (Lipinski definition) is 2. The quantitative estimate of drug-likeness (QED) is 0.756. The Kier molecular flexibility index (Phi) is 6.23. The maximum Gasteiger partial charge on any atom is 0.255 e. The summed E-state index contributed by atoms with van der Waals surface area (Å²) in [4.78, 5) is 50.3. The molecule has 1 aliphatic rings. The molecular weight excluding hydrogens is 372 g/mol. The van der Waals surface area contributed by atoms with Crippen molar-refractivity contribution in [3.05, 3.63) is 59.7 Å². The van der Waals surface area contributed by atoms with E-state index in [2.05, 4.69) is 10.6 Å². The molecule has 1 heterocycles. The second-order valence-electron chi connectivity index (χ2n) is 6.73. The van der Waals surface area contributed by atoms with Crippen LogP contribution < -0.4 is 10.6 Å². The highest BCUT2D eigenvalue weighted by molar-refractivity contribution is 6.05. The summed E-state index contributed by atoms with van der Waals surface area (Å²) in [5.41, 5.74) is 2.05. The van der Waals surface area contributed by atoms with Gasteiger partial charge in [0.05, 0.1) is 0 Å². The lowest BCUT2D eigenvalue weighted by molar-refractivity contribution is -0.119. The van der Waals surface area contributed by atoms with E-state index >= 15 is 0 Å². The van der Waals surface area contributed by atoms with E-state index in [1.165, 1.54) is 6.92 Å². The Morgan fingerprint density at radius 1 is 0.862 bits per heavy atom. The molecule has 0 atom stereocenters. The molecule has 8 heteroatoms. The SMILES string of the molecule is CC(=O)Nc1cccc(NC(=O)c2ccc(C(=O)N3CCN(C=O)CC3)cc2)c1. The summed E-state index contributed by atoms with van der Waals surface area (Å²) in [6.07, 6.45) is 0.793. The number of rotatable bonds is 5. The van der Waals surface area contributed by atoms with Crippen molar-refractivity contribution in [2.24, 2.45) is 0 Å². The van der Waals surface area contributed by atoms with Crippen molar-refractivity contribution >= 4 is 35.5 Å². The second kappa shape index (κ2) is 9.01. The van der Waals surface area contributed by atoms with E-state index in [0.29, 0.717) is 48.7 Å². The molecule has 2 aromatic rings. The molecule has 3 rings (SSSR count). The number of piperazine rings is 1. The Labute approximate surface area is 168 Å². The fraction of sp³-hybridized carbons (Fsp3) is 0.238. The van der Waals surface area contributed by atoms with Crippen LogP contribution in [0.5, 0.6) is 0 Å². The van der Waals surface area contributed by atoms with Crippen LogP contribution in [0, 0.1) is 0 Å². The third-order valence-corrected chi connectivity index (χ3v) is 4.59. The van der Waals surface area contributed by atoms with Crippen molar-refractivity contribution in [1.82, 2.24) is 9.80 Å². The third kappa shape index (κ3) is 5.19. The van der Waals surface area contributed by atoms with E-state index in [-0.39, 0.29) is 17.7 Å². The number of carbonyl (C=O) groups excluding carboxylic acids is 4. The fourth-order valence-electron chi connectivity index (χ4n) is 3.06. The number of carbonyl (C=O) groups is 4. The summed E-state index contributed by atoms with van der Waals surface area (Å²) in [5.74, 6) is -0.629. The molecule has 4 amide bonds. The van der Waals surface area contributed by atoms with Crippen molar-refractivity contribution in [2.45, 2.75) is 6.92 Å². The predicted molar refractivity (Wildman–Crippen MR) is 109 cm³/mol. The van der Waals surface area contributed by atoms with Gasteiger partial charge in [-0.2, -0.15) is 0 Å². The predicted octanol–water partition coefficient (Wildman–Crippen LogP) is 1.81. The lowest BCUT2D eigenvalue weighted by atomic mass is 10.1. The van der Waals surface area contributed by atoms with Gasteiger partial charge in [-0.05, 0) is 42.5 Å². The molecule has 1 saturated heterocycles. The van der Waals surface area contributed by atoms with E-state index in [0.717, 1.165) is 6.41 Å². The first-order valence-electron chi connectivity index (χ1n) is 9.24. The monoisotopic (exact) mass is 394 g/mol. The summed E-state index contributed by atoms with van der Waals surface area (Å²) in [7, 11) is 0. The second-order valence-corrected chi connectivity index (χ2v) is 6.73. The molecule has 0 bridgehead atoms. The van der Waals surface area contributed by atoms with E-state index in [1.54, 1.807) is 58.3 Å². The zero-order valence-corrected chi connectivity index (χ0v) is 16.1. The molecule has 0 radical (unpaired) electrons. The van der Waals surface area contributed by atoms with Crippen molar-refractivity contribution in [2.75, 3.05) is 36.8 Å². The number of anilines is 2. The number of nitrogens with one attached hydrogen (secondary N) is 2. The van der Waals surface area contributed by atoms with E-state index in [4.69, 9.17) is 0 Å². The summed E-state index contributed by atoms with van der Waals surface area (Å²) < 4.78 is 0. The Bertz CT molecular complexity index is 919. The number of amides is 4. The average Bonchev–Trinajstić information content (AvgIpc) is 2.73. The molecule has 0 spiro atoms. The molecule has 1 aliphatic heterocycles. The Morgan fingerprint density at radius 3 is 2.03 bits per heavy atom. The van der Waals surface area contributed by atoms with Crippen LogP contribution >= 0.6 is 0 Å². The molecule has 1 fully saturated rings. The van der Waals surface area contributed by atoms with Gasteiger partial charge in [0.25, 0.3) is 11.8 Å². The van der Waals surface area contributed by atoms with Gasteiger partial charge in [-0.15, -0.1) is 0 Å². The van der Waals surface area contributed by atoms with Crippen LogP contribution in [0.4, 0.5) is 11.4 Å². The average molecular weight is 394 g/mol. The Balaban J connectivity index is 1.62. The van der Waals surface area contributed by atoms with Crippen molar-refractivity contribution in [1.29, 1.82) is 0 Å². The highest BCUT2D eigenvalue weighted by Crippen LogP contribution is 2.17. The largest absolute Gasteiger partial charge is 0.342 e. The smallest absolute Gasteiger partial charge is 0.255 e. The first kappa shape index (κ1) is 20.1. The molecule has 2 N–H and O–H groups in total. The van der Waals surface area contributed by atoms with Crippen molar-refractivity contribution in [3.8, 4) is 0 Å². The van der Waals surface area contributed by atoms with Crippen molar-refractivity contribution < 1.29 is 19.2 Å². The zero-order valence-electron chi connectivity index (χ0n) is 16.1. The minimum atomic E-state index is -0.316. The first-order valence-corrected chi connectivity index (χ1v) is 9.24. The summed E-state index contributed by atoms with van der Waals surface area (Å²) in [5, 5.41) is 5.43. The van der Waals surface area contributed by atoms with E-state index in [1.807, 2.05) is 0 Å². The summed E-state index contributed by atoms with van der Waals surface area (Å²) in [6.45, 7) is 3.44. The lowest BCUT2D eigenvalue weighted by Gasteiger charge is -2.32. The van der Waals surface area contributed by atoms with Gasteiger partial charge < -0.3 is 20.4 Å². The van der Waals surface area contributed by atoms with Crippen LogP contribution in [0.15, 0.2) is 48.5 Å². The van der Waals surface area contributed by atoms with Crippen LogP contribution in [0.25, 0.3) is 0 Å². The van der Waals surface area contributed by atoms with Crippen LogP contribution in [0.1, 0.15) is 27.6 Å². The normalized spacial score (nSPS) is 13.6. The van der Waals surface area contributed by atoms with Gasteiger partial charge in [0.15, 0.2) is 0 Å². The van der Waals surface area contributed by atoms with E-state index < -0.39 is 0 Å². The molecule has 0 aromatic heterocycles. The molecular formula is C21H22N4O4. The number of hydrogen-bond acceptors (Lipinski definition) is 4. The van der Waals surface area contributed by atoms with E-state index in [9.17, 15) is 19.2 Å². The zero-order chi connectivity index (χ0) is 20.8. The van der Waals surface area contributed by atoms with Gasteiger partial charge >= 0.3 is 0 Å². The highest BCUT2D eigenvalue weighted by Gasteiger charge is 2.21. The fourth-order valence-corrected chi connectivity index (χ4v) is 3.06. The number of nitrogens with zero attached hydrogens (tertiary/aromatic N) is 2. The minimum Gasteiger partial charge on any atom is -0.342 e. The maximum absolute atomic E-state index is 12.6. The molecule has 29 heavy (non-hydrogen) atoms. The van der Waals surface area contributed by atoms with Gasteiger partial charge in [0.2, 0.25) is 12.3 Å². The molecule has 8 nitrogen and oxygen atoms in total. The topological polar surface area (TPSA) is 98.8 Å². The molecule has 0 unspecified atom stereocenters. The van der Waals surface area contributed by atoms with Gasteiger partial charge in [-0.1, -0.05) is 6.07 Å². The molecule has 2 aromatic carbocycles.